The van der Waals surface area contributed by atoms with Crippen LogP contribution in [0.3, 0.4) is 0 Å². The van der Waals surface area contributed by atoms with E-state index >= 15 is 4.39 Å². The van der Waals surface area contributed by atoms with Gasteiger partial charge in [0.2, 0.25) is 5.95 Å². The minimum Gasteiger partial charge on any atom is -0.367 e. The van der Waals surface area contributed by atoms with E-state index in [1.807, 2.05) is 24.4 Å². The van der Waals surface area contributed by atoms with E-state index < -0.39 is 0 Å². The van der Waals surface area contributed by atoms with Crippen molar-refractivity contribution < 1.29 is 4.39 Å². The number of rotatable bonds is 5. The van der Waals surface area contributed by atoms with Gasteiger partial charge in [0.1, 0.15) is 16.9 Å². The Morgan fingerprint density at radius 1 is 0.949 bits per heavy atom. The van der Waals surface area contributed by atoms with Gasteiger partial charge in [-0.3, -0.25) is 4.98 Å². The number of pyridine rings is 2. The SMILES string of the molecule is Cc1cccc(C(C)C)c1-c1nc2cnc(Nc3ccc(N4CCN(C)CC4)c(F)c3)nc2c2cnccc12. The first-order valence-electron chi connectivity index (χ1n) is 13.4. The van der Waals surface area contributed by atoms with Crippen LogP contribution in [0.15, 0.2) is 61.1 Å². The molecule has 1 N–H and O–H groups in total. The first-order chi connectivity index (χ1) is 18.9. The Morgan fingerprint density at radius 3 is 2.54 bits per heavy atom. The predicted octanol–water partition coefficient (Wildman–Crippen LogP) is 6.31. The molecule has 6 rings (SSSR count). The fraction of sp³-hybridized carbons (Fsp3) is 0.290. The molecule has 1 fully saturated rings. The first kappa shape index (κ1) is 25.1. The number of halogens is 1. The summed E-state index contributed by atoms with van der Waals surface area (Å²) in [5.41, 5.74) is 7.08. The second-order valence-electron chi connectivity index (χ2n) is 10.6. The smallest absolute Gasteiger partial charge is 0.227 e. The van der Waals surface area contributed by atoms with Crippen molar-refractivity contribution in [3.05, 3.63) is 78.0 Å². The quantitative estimate of drug-likeness (QED) is 0.272. The summed E-state index contributed by atoms with van der Waals surface area (Å²) in [6.07, 6.45) is 5.35. The highest BCUT2D eigenvalue weighted by Gasteiger charge is 2.20. The summed E-state index contributed by atoms with van der Waals surface area (Å²) < 4.78 is 15.1. The normalized spacial score (nSPS) is 14.5. The summed E-state index contributed by atoms with van der Waals surface area (Å²) in [4.78, 5) is 23.1. The molecule has 3 aromatic heterocycles. The zero-order valence-corrected chi connectivity index (χ0v) is 22.7. The Labute approximate surface area is 227 Å². The second kappa shape index (κ2) is 10.2. The third-order valence-corrected chi connectivity index (χ3v) is 7.54. The van der Waals surface area contributed by atoms with Crippen molar-refractivity contribution >= 4 is 39.1 Å². The van der Waals surface area contributed by atoms with Gasteiger partial charge in [0.15, 0.2) is 0 Å². The van der Waals surface area contributed by atoms with Gasteiger partial charge in [-0.15, -0.1) is 0 Å². The van der Waals surface area contributed by atoms with Crippen LogP contribution in [0.2, 0.25) is 0 Å². The van der Waals surface area contributed by atoms with E-state index in [1.54, 1.807) is 12.4 Å². The standard InChI is InChI=1S/C31H32FN7/c1-19(2)22-7-5-6-20(3)28(22)30-23-10-11-33-17-24(23)29-26(36-30)18-34-31(37-29)35-21-8-9-27(25(32)16-21)39-14-12-38(4)13-15-39/h5-11,16-19H,12-15H2,1-4H3,(H,34,35,37). The molecule has 1 saturated heterocycles. The zero-order chi connectivity index (χ0) is 27.1. The molecule has 7 nitrogen and oxygen atoms in total. The van der Waals surface area contributed by atoms with Crippen molar-refractivity contribution in [2.75, 3.05) is 43.4 Å². The van der Waals surface area contributed by atoms with Crippen molar-refractivity contribution in [3.63, 3.8) is 0 Å². The molecular weight excluding hydrogens is 489 g/mol. The number of aryl methyl sites for hydroxylation is 1. The average Bonchev–Trinajstić information content (AvgIpc) is 2.93. The van der Waals surface area contributed by atoms with Crippen LogP contribution in [-0.2, 0) is 0 Å². The van der Waals surface area contributed by atoms with Crippen molar-refractivity contribution in [1.82, 2.24) is 24.8 Å². The number of benzene rings is 2. The molecule has 0 aliphatic carbocycles. The van der Waals surface area contributed by atoms with Crippen LogP contribution in [0.25, 0.3) is 33.1 Å². The van der Waals surface area contributed by atoms with Gasteiger partial charge >= 0.3 is 0 Å². The highest BCUT2D eigenvalue weighted by molar-refractivity contribution is 6.09. The fourth-order valence-corrected chi connectivity index (χ4v) is 5.39. The number of likely N-dealkylation sites (N-methyl/N-ethyl adjacent to an activating group) is 1. The number of piperazine rings is 1. The number of fused-ring (bicyclic) bond motifs is 3. The van der Waals surface area contributed by atoms with Gasteiger partial charge < -0.3 is 15.1 Å². The Morgan fingerprint density at radius 2 is 1.77 bits per heavy atom. The number of nitrogens with one attached hydrogen (secondary N) is 1. The topological polar surface area (TPSA) is 70.1 Å². The van der Waals surface area contributed by atoms with E-state index in [9.17, 15) is 0 Å². The summed E-state index contributed by atoms with van der Waals surface area (Å²) in [5.74, 6) is 0.471. The molecule has 0 saturated carbocycles. The molecule has 1 aliphatic heterocycles. The second-order valence-corrected chi connectivity index (χ2v) is 10.6. The Bertz CT molecular complexity index is 1680. The van der Waals surface area contributed by atoms with Gasteiger partial charge in [-0.1, -0.05) is 32.0 Å². The lowest BCUT2D eigenvalue weighted by atomic mass is 9.90. The molecule has 198 valence electrons. The summed E-state index contributed by atoms with van der Waals surface area (Å²) >= 11 is 0. The van der Waals surface area contributed by atoms with Crippen LogP contribution in [0.5, 0.6) is 0 Å². The molecule has 2 aromatic carbocycles. The number of aromatic nitrogens is 4. The molecular formula is C31H32FN7. The zero-order valence-electron chi connectivity index (χ0n) is 22.7. The summed E-state index contributed by atoms with van der Waals surface area (Å²) in [6.45, 7) is 9.99. The summed E-state index contributed by atoms with van der Waals surface area (Å²) in [5, 5.41) is 5.07. The monoisotopic (exact) mass is 521 g/mol. The molecule has 0 unspecified atom stereocenters. The third-order valence-electron chi connectivity index (χ3n) is 7.54. The van der Waals surface area contributed by atoms with Crippen LogP contribution in [-0.4, -0.2) is 58.1 Å². The lowest BCUT2D eigenvalue weighted by Crippen LogP contribution is -2.44. The van der Waals surface area contributed by atoms with Gasteiger partial charge in [0.05, 0.1) is 17.6 Å². The van der Waals surface area contributed by atoms with Crippen molar-refractivity contribution in [3.8, 4) is 11.3 Å². The third kappa shape index (κ3) is 4.76. The largest absolute Gasteiger partial charge is 0.367 e. The maximum Gasteiger partial charge on any atom is 0.227 e. The summed E-state index contributed by atoms with van der Waals surface area (Å²) in [7, 11) is 2.09. The minimum absolute atomic E-state index is 0.259. The molecule has 5 aromatic rings. The van der Waals surface area contributed by atoms with Gasteiger partial charge in [0.25, 0.3) is 0 Å². The van der Waals surface area contributed by atoms with Gasteiger partial charge in [0, 0.05) is 60.6 Å². The number of hydrogen-bond donors (Lipinski definition) is 1. The van der Waals surface area contributed by atoms with Crippen LogP contribution in [0.1, 0.15) is 30.9 Å². The average molecular weight is 522 g/mol. The molecule has 0 atom stereocenters. The van der Waals surface area contributed by atoms with Gasteiger partial charge in [-0.25, -0.2) is 19.3 Å². The van der Waals surface area contributed by atoms with E-state index in [1.165, 1.54) is 17.2 Å². The Balaban J connectivity index is 1.38. The maximum absolute atomic E-state index is 15.1. The van der Waals surface area contributed by atoms with E-state index in [2.05, 4.69) is 71.1 Å². The highest BCUT2D eigenvalue weighted by Crippen LogP contribution is 2.37. The van der Waals surface area contributed by atoms with E-state index in [4.69, 9.17) is 9.97 Å². The number of anilines is 3. The van der Waals surface area contributed by atoms with E-state index in [-0.39, 0.29) is 5.82 Å². The van der Waals surface area contributed by atoms with Crippen LogP contribution in [0.4, 0.5) is 21.7 Å². The maximum atomic E-state index is 15.1. The van der Waals surface area contributed by atoms with Crippen molar-refractivity contribution in [2.24, 2.45) is 0 Å². The molecule has 1 aliphatic rings. The lowest BCUT2D eigenvalue weighted by Gasteiger charge is -2.34. The Kier molecular flexibility index (Phi) is 6.56. The molecule has 0 radical (unpaired) electrons. The fourth-order valence-electron chi connectivity index (χ4n) is 5.39. The molecule has 8 heteroatoms. The first-order valence-corrected chi connectivity index (χ1v) is 13.4. The summed E-state index contributed by atoms with van der Waals surface area (Å²) in [6, 6.07) is 13.6. The number of nitrogens with zero attached hydrogens (tertiary/aromatic N) is 6. The van der Waals surface area contributed by atoms with E-state index in [0.717, 1.165) is 48.2 Å². The van der Waals surface area contributed by atoms with Gasteiger partial charge in [-0.2, -0.15) is 0 Å². The predicted molar refractivity (Wildman–Crippen MR) is 156 cm³/mol. The minimum atomic E-state index is -0.259. The molecule has 0 bridgehead atoms. The molecule has 39 heavy (non-hydrogen) atoms. The van der Waals surface area contributed by atoms with Crippen molar-refractivity contribution in [2.45, 2.75) is 26.7 Å². The van der Waals surface area contributed by atoms with Gasteiger partial charge in [-0.05, 0) is 55.3 Å². The Hall–Kier alpha value is -4.17. The van der Waals surface area contributed by atoms with Crippen LogP contribution < -0.4 is 10.2 Å². The molecule has 4 heterocycles. The van der Waals surface area contributed by atoms with Crippen LogP contribution in [0, 0.1) is 12.7 Å². The lowest BCUT2D eigenvalue weighted by molar-refractivity contribution is 0.311. The van der Waals surface area contributed by atoms with E-state index in [0.29, 0.717) is 34.3 Å². The van der Waals surface area contributed by atoms with Crippen molar-refractivity contribution in [1.29, 1.82) is 0 Å². The highest BCUT2D eigenvalue weighted by atomic mass is 19.1. The van der Waals surface area contributed by atoms with Crippen LogP contribution >= 0.6 is 0 Å². The molecule has 0 spiro atoms. The number of hydrogen-bond acceptors (Lipinski definition) is 7. The molecule has 0 amide bonds.